The smallest absolute Gasteiger partial charge is 0.303 e. The van der Waals surface area contributed by atoms with Crippen LogP contribution in [-0.2, 0) is 9.59 Å². The van der Waals surface area contributed by atoms with Gasteiger partial charge in [-0.3, -0.25) is 9.59 Å². The number of hydrogen-bond acceptors (Lipinski definition) is 3. The van der Waals surface area contributed by atoms with Gasteiger partial charge in [-0.2, -0.15) is 0 Å². The van der Waals surface area contributed by atoms with Gasteiger partial charge in [0.25, 0.3) is 0 Å². The third-order valence-electron chi connectivity index (χ3n) is 3.46. The van der Waals surface area contributed by atoms with Crippen molar-refractivity contribution in [3.63, 3.8) is 0 Å². The summed E-state index contributed by atoms with van der Waals surface area (Å²) in [7, 11) is 0. The molecule has 118 valence electrons. The molecule has 20 heavy (non-hydrogen) atoms. The zero-order valence-corrected chi connectivity index (χ0v) is 12.6. The highest BCUT2D eigenvalue weighted by Crippen LogP contribution is 2.11. The number of aliphatic hydroxyl groups is 1. The van der Waals surface area contributed by atoms with Gasteiger partial charge in [-0.15, -0.1) is 0 Å². The molecule has 0 aliphatic heterocycles. The van der Waals surface area contributed by atoms with E-state index in [4.69, 9.17) is 10.2 Å². The first-order valence-electron chi connectivity index (χ1n) is 8.01. The molecule has 4 heteroatoms. The number of unbranched alkanes of at least 4 members (excludes halogenated alkanes) is 8. The van der Waals surface area contributed by atoms with Crippen molar-refractivity contribution in [1.29, 1.82) is 0 Å². The van der Waals surface area contributed by atoms with Gasteiger partial charge in [0.05, 0.1) is 0 Å². The monoisotopic (exact) mass is 286 g/mol. The number of Topliss-reactive ketones (excluding diaryl/α,β-unsaturated/α-hetero) is 1. The summed E-state index contributed by atoms with van der Waals surface area (Å²) in [6, 6.07) is 0. The Balaban J connectivity index is 3.15. The normalized spacial score (nSPS) is 10.7. The van der Waals surface area contributed by atoms with Gasteiger partial charge in [0.2, 0.25) is 0 Å². The molecule has 0 atom stereocenters. The second-order valence-corrected chi connectivity index (χ2v) is 5.44. The van der Waals surface area contributed by atoms with Crippen molar-refractivity contribution in [2.75, 3.05) is 6.61 Å². The van der Waals surface area contributed by atoms with Crippen LogP contribution in [-0.4, -0.2) is 28.6 Å². The second-order valence-electron chi connectivity index (χ2n) is 5.44. The topological polar surface area (TPSA) is 74.6 Å². The van der Waals surface area contributed by atoms with Crippen LogP contribution in [0.25, 0.3) is 0 Å². The third kappa shape index (κ3) is 15.2. The number of carbonyl (C=O) groups is 2. The minimum Gasteiger partial charge on any atom is -0.481 e. The molecule has 0 saturated heterocycles. The van der Waals surface area contributed by atoms with Crippen LogP contribution < -0.4 is 0 Å². The number of carboxylic acid groups (broad SMARTS) is 1. The van der Waals surface area contributed by atoms with Crippen LogP contribution in [0.5, 0.6) is 0 Å². The first kappa shape index (κ1) is 19.1. The molecule has 0 aromatic rings. The first-order valence-corrected chi connectivity index (χ1v) is 8.01. The van der Waals surface area contributed by atoms with Crippen LogP contribution >= 0.6 is 0 Å². The van der Waals surface area contributed by atoms with Gasteiger partial charge in [-0.05, 0) is 19.3 Å². The second kappa shape index (κ2) is 14.5. The lowest BCUT2D eigenvalue weighted by molar-refractivity contribution is -0.137. The summed E-state index contributed by atoms with van der Waals surface area (Å²) in [5.41, 5.74) is 0. The highest BCUT2D eigenvalue weighted by Gasteiger charge is 2.03. The van der Waals surface area contributed by atoms with Gasteiger partial charge >= 0.3 is 5.97 Å². The number of carboxylic acids is 1. The summed E-state index contributed by atoms with van der Waals surface area (Å²) in [5, 5.41) is 17.1. The van der Waals surface area contributed by atoms with Gasteiger partial charge in [-0.1, -0.05) is 44.9 Å². The third-order valence-corrected chi connectivity index (χ3v) is 3.46. The Morgan fingerprint density at radius 2 is 1.05 bits per heavy atom. The van der Waals surface area contributed by atoms with Crippen molar-refractivity contribution in [1.82, 2.24) is 0 Å². The highest BCUT2D eigenvalue weighted by atomic mass is 16.4. The maximum Gasteiger partial charge on any atom is 0.303 e. The Labute approximate surface area is 122 Å². The fourth-order valence-corrected chi connectivity index (χ4v) is 2.23. The Kier molecular flexibility index (Phi) is 13.9. The fourth-order valence-electron chi connectivity index (χ4n) is 2.23. The van der Waals surface area contributed by atoms with Gasteiger partial charge in [-0.25, -0.2) is 0 Å². The molecule has 0 aromatic heterocycles. The van der Waals surface area contributed by atoms with E-state index in [1.54, 1.807) is 0 Å². The van der Waals surface area contributed by atoms with Crippen LogP contribution in [0.2, 0.25) is 0 Å². The van der Waals surface area contributed by atoms with E-state index in [9.17, 15) is 9.59 Å². The molecule has 0 rings (SSSR count). The molecule has 2 N–H and O–H groups in total. The van der Waals surface area contributed by atoms with Crippen molar-refractivity contribution in [2.45, 2.75) is 83.5 Å². The van der Waals surface area contributed by atoms with Gasteiger partial charge in [0.15, 0.2) is 0 Å². The Morgan fingerprint density at radius 3 is 1.55 bits per heavy atom. The van der Waals surface area contributed by atoms with Crippen LogP contribution in [0, 0.1) is 0 Å². The molecule has 0 fully saturated rings. The van der Waals surface area contributed by atoms with Crippen LogP contribution in [0.1, 0.15) is 83.5 Å². The van der Waals surface area contributed by atoms with E-state index in [1.807, 2.05) is 0 Å². The van der Waals surface area contributed by atoms with Crippen LogP contribution in [0.15, 0.2) is 0 Å². The first-order chi connectivity index (χ1) is 9.66. The Hall–Kier alpha value is -0.900. The quantitative estimate of drug-likeness (QED) is 0.450. The number of aliphatic carboxylic acids is 1. The fraction of sp³-hybridized carbons (Fsp3) is 0.875. The van der Waals surface area contributed by atoms with Crippen molar-refractivity contribution in [3.05, 3.63) is 0 Å². The maximum absolute atomic E-state index is 11.4. The van der Waals surface area contributed by atoms with Crippen molar-refractivity contribution in [3.8, 4) is 0 Å². The predicted molar refractivity (Wildman–Crippen MR) is 79.7 cm³/mol. The molecule has 0 aromatic carbocycles. The minimum absolute atomic E-state index is 0.0992. The summed E-state index contributed by atoms with van der Waals surface area (Å²) in [5.74, 6) is -0.618. The van der Waals surface area contributed by atoms with E-state index in [0.717, 1.165) is 25.7 Å². The van der Waals surface area contributed by atoms with Gasteiger partial charge in [0, 0.05) is 25.9 Å². The lowest BCUT2D eigenvalue weighted by Crippen LogP contribution is -2.00. The van der Waals surface area contributed by atoms with Crippen LogP contribution in [0.3, 0.4) is 0 Å². The average molecular weight is 286 g/mol. The molecule has 0 saturated carbocycles. The predicted octanol–water partition coefficient (Wildman–Crippen LogP) is 3.70. The highest BCUT2D eigenvalue weighted by molar-refractivity contribution is 5.78. The lowest BCUT2D eigenvalue weighted by Gasteiger charge is -2.02. The summed E-state index contributed by atoms with van der Waals surface area (Å²) in [6.07, 6.45) is 11.8. The van der Waals surface area contributed by atoms with Crippen molar-refractivity contribution in [2.24, 2.45) is 0 Å². The number of carbonyl (C=O) groups excluding carboxylic acids is 1. The molecule has 0 radical (unpaired) electrons. The SMILES string of the molecule is O=C(O)CCCC(=O)CCCCCCCCCCCO. The molecule has 0 unspecified atom stereocenters. The number of aliphatic hydroxyl groups excluding tert-OH is 1. The number of rotatable bonds is 15. The summed E-state index contributed by atoms with van der Waals surface area (Å²) in [4.78, 5) is 21.7. The molecule has 0 aliphatic rings. The van der Waals surface area contributed by atoms with E-state index in [1.165, 1.54) is 32.1 Å². The minimum atomic E-state index is -0.822. The molecular formula is C16H30O4. The summed E-state index contributed by atoms with van der Waals surface area (Å²) in [6.45, 7) is 0.306. The molecule has 4 nitrogen and oxygen atoms in total. The zero-order valence-electron chi connectivity index (χ0n) is 12.6. The van der Waals surface area contributed by atoms with Crippen LogP contribution in [0.4, 0.5) is 0 Å². The van der Waals surface area contributed by atoms with E-state index < -0.39 is 5.97 Å². The maximum atomic E-state index is 11.4. The molecule has 0 aliphatic carbocycles. The van der Waals surface area contributed by atoms with Crippen molar-refractivity contribution >= 4 is 11.8 Å². The lowest BCUT2D eigenvalue weighted by atomic mass is 10.0. The molecule has 0 amide bonds. The Morgan fingerprint density at radius 1 is 0.600 bits per heavy atom. The Bertz CT molecular complexity index is 251. The van der Waals surface area contributed by atoms with E-state index >= 15 is 0 Å². The van der Waals surface area contributed by atoms with E-state index in [0.29, 0.717) is 25.9 Å². The molecule has 0 spiro atoms. The molecule has 0 bridgehead atoms. The number of hydrogen-bond donors (Lipinski definition) is 2. The zero-order chi connectivity index (χ0) is 15.1. The van der Waals surface area contributed by atoms with Gasteiger partial charge < -0.3 is 10.2 Å². The standard InChI is InChI=1S/C16H30O4/c17-14-9-7-5-3-1-2-4-6-8-11-15(18)12-10-13-16(19)20/h17H,1-14H2,(H,19,20). The number of ketones is 1. The van der Waals surface area contributed by atoms with E-state index in [2.05, 4.69) is 0 Å². The largest absolute Gasteiger partial charge is 0.481 e. The molecular weight excluding hydrogens is 256 g/mol. The van der Waals surface area contributed by atoms with E-state index in [-0.39, 0.29) is 12.2 Å². The molecule has 0 heterocycles. The average Bonchev–Trinajstić information content (AvgIpc) is 2.40. The summed E-state index contributed by atoms with van der Waals surface area (Å²) < 4.78 is 0. The van der Waals surface area contributed by atoms with Crippen molar-refractivity contribution < 1.29 is 19.8 Å². The van der Waals surface area contributed by atoms with Gasteiger partial charge in [0.1, 0.15) is 5.78 Å². The summed E-state index contributed by atoms with van der Waals surface area (Å²) >= 11 is 0.